The van der Waals surface area contributed by atoms with Gasteiger partial charge in [-0.25, -0.2) is 13.1 Å². The van der Waals surface area contributed by atoms with Crippen molar-refractivity contribution in [2.45, 2.75) is 37.1 Å². The first-order valence-corrected chi connectivity index (χ1v) is 8.72. The molecule has 0 saturated heterocycles. The van der Waals surface area contributed by atoms with E-state index in [9.17, 15) is 8.42 Å². The summed E-state index contributed by atoms with van der Waals surface area (Å²) in [4.78, 5) is 0.138. The lowest BCUT2D eigenvalue weighted by Gasteiger charge is -2.14. The van der Waals surface area contributed by atoms with Crippen molar-refractivity contribution in [3.8, 4) is 0 Å². The largest absolute Gasteiger partial charge is 0.452 e. The third-order valence-electron chi connectivity index (χ3n) is 4.15. The van der Waals surface area contributed by atoms with Gasteiger partial charge in [0.2, 0.25) is 10.0 Å². The van der Waals surface area contributed by atoms with E-state index in [4.69, 9.17) is 10.2 Å². The second-order valence-electron chi connectivity index (χ2n) is 5.52. The number of hydrogen-bond acceptors (Lipinski definition) is 4. The summed E-state index contributed by atoms with van der Waals surface area (Å²) in [5, 5.41) is 0. The van der Waals surface area contributed by atoms with E-state index in [1.54, 1.807) is 0 Å². The van der Waals surface area contributed by atoms with E-state index in [2.05, 4.69) is 20.7 Å². The SMILES string of the molecule is NCc1cc(S(=O)(=O)NCC2(C3CC3)CC2)c(Br)o1. The standard InChI is InChI=1S/C12H17BrN2O3S/c13-11-10(5-9(6-14)18-11)19(16,17)15-7-12(3-4-12)8-1-2-8/h5,8,15H,1-4,6-7,14H2. The van der Waals surface area contributed by atoms with E-state index in [1.807, 2.05) is 0 Å². The zero-order chi connectivity index (χ0) is 13.7. The fourth-order valence-corrected chi connectivity index (χ4v) is 4.72. The maximum absolute atomic E-state index is 12.3. The molecule has 0 aromatic carbocycles. The van der Waals surface area contributed by atoms with Crippen LogP contribution in [0.3, 0.4) is 0 Å². The van der Waals surface area contributed by atoms with Crippen LogP contribution in [0.25, 0.3) is 0 Å². The summed E-state index contributed by atoms with van der Waals surface area (Å²) in [6, 6.07) is 1.48. The summed E-state index contributed by atoms with van der Waals surface area (Å²) < 4.78 is 32.7. The van der Waals surface area contributed by atoms with Gasteiger partial charge in [-0.2, -0.15) is 0 Å². The van der Waals surface area contributed by atoms with Crippen LogP contribution in [0.5, 0.6) is 0 Å². The van der Waals surface area contributed by atoms with Crippen LogP contribution in [0.2, 0.25) is 0 Å². The molecule has 5 nitrogen and oxygen atoms in total. The Kier molecular flexibility index (Phi) is 3.28. The second-order valence-corrected chi connectivity index (χ2v) is 7.97. The van der Waals surface area contributed by atoms with Crippen molar-refractivity contribution in [2.24, 2.45) is 17.1 Å². The molecule has 1 aromatic heterocycles. The van der Waals surface area contributed by atoms with Gasteiger partial charge >= 0.3 is 0 Å². The van der Waals surface area contributed by atoms with Crippen molar-refractivity contribution in [3.63, 3.8) is 0 Å². The molecule has 2 saturated carbocycles. The van der Waals surface area contributed by atoms with Crippen molar-refractivity contribution >= 4 is 26.0 Å². The van der Waals surface area contributed by atoms with Crippen LogP contribution in [0.4, 0.5) is 0 Å². The predicted octanol–water partition coefficient (Wildman–Crippen LogP) is 1.97. The summed E-state index contributed by atoms with van der Waals surface area (Å²) >= 11 is 3.13. The molecule has 19 heavy (non-hydrogen) atoms. The molecule has 0 atom stereocenters. The molecule has 2 aliphatic rings. The summed E-state index contributed by atoms with van der Waals surface area (Å²) in [6.45, 7) is 0.718. The maximum Gasteiger partial charge on any atom is 0.244 e. The Bertz CT molecular complexity index is 588. The molecular formula is C12H17BrN2O3S. The summed E-state index contributed by atoms with van der Waals surface area (Å²) in [5.41, 5.74) is 5.68. The normalized spacial score (nSPS) is 21.6. The second kappa shape index (κ2) is 4.58. The predicted molar refractivity (Wildman–Crippen MR) is 73.9 cm³/mol. The fourth-order valence-electron chi connectivity index (χ4n) is 2.58. The van der Waals surface area contributed by atoms with Gasteiger partial charge in [-0.15, -0.1) is 0 Å². The number of hydrogen-bond donors (Lipinski definition) is 2. The molecule has 7 heteroatoms. The molecule has 3 rings (SSSR count). The highest BCUT2D eigenvalue weighted by atomic mass is 79.9. The van der Waals surface area contributed by atoms with Gasteiger partial charge in [-0.05, 0) is 52.9 Å². The monoisotopic (exact) mass is 348 g/mol. The Morgan fingerprint density at radius 1 is 1.47 bits per heavy atom. The Labute approximate surface area is 121 Å². The average molecular weight is 349 g/mol. The summed E-state index contributed by atoms with van der Waals surface area (Å²) in [5.74, 6) is 1.18. The van der Waals surface area contributed by atoms with E-state index in [1.165, 1.54) is 18.9 Å². The number of nitrogens with one attached hydrogen (secondary N) is 1. The molecule has 2 fully saturated rings. The van der Waals surface area contributed by atoms with Crippen molar-refractivity contribution < 1.29 is 12.8 Å². The lowest BCUT2D eigenvalue weighted by atomic mass is 10.0. The van der Waals surface area contributed by atoms with E-state index < -0.39 is 10.0 Å². The molecule has 3 N–H and O–H groups in total. The Balaban J connectivity index is 1.73. The van der Waals surface area contributed by atoms with Crippen LogP contribution in [0, 0.1) is 11.3 Å². The fraction of sp³-hybridized carbons (Fsp3) is 0.667. The molecule has 0 unspecified atom stereocenters. The number of rotatable bonds is 6. The molecule has 0 spiro atoms. The topological polar surface area (TPSA) is 85.3 Å². The van der Waals surface area contributed by atoms with Gasteiger partial charge in [0.1, 0.15) is 10.7 Å². The first-order chi connectivity index (χ1) is 8.97. The third kappa shape index (κ3) is 2.61. The minimum atomic E-state index is -3.53. The highest BCUT2D eigenvalue weighted by molar-refractivity contribution is 9.10. The van der Waals surface area contributed by atoms with E-state index in [0.717, 1.165) is 18.8 Å². The van der Waals surface area contributed by atoms with Crippen LogP contribution in [-0.2, 0) is 16.6 Å². The van der Waals surface area contributed by atoms with Gasteiger partial charge in [0.25, 0.3) is 0 Å². The van der Waals surface area contributed by atoms with Crippen LogP contribution >= 0.6 is 15.9 Å². The lowest BCUT2D eigenvalue weighted by Crippen LogP contribution is -2.31. The smallest absolute Gasteiger partial charge is 0.244 e. The van der Waals surface area contributed by atoms with Crippen LogP contribution in [0.1, 0.15) is 31.4 Å². The van der Waals surface area contributed by atoms with Gasteiger partial charge in [-0.1, -0.05) is 0 Å². The average Bonchev–Trinajstić information content (AvgIpc) is 3.24. The minimum Gasteiger partial charge on any atom is -0.452 e. The minimum absolute atomic E-state index is 0.138. The molecule has 1 heterocycles. The van der Waals surface area contributed by atoms with Gasteiger partial charge in [0.15, 0.2) is 4.67 Å². The Morgan fingerprint density at radius 2 is 2.16 bits per heavy atom. The van der Waals surface area contributed by atoms with Crippen LogP contribution in [0.15, 0.2) is 20.0 Å². The van der Waals surface area contributed by atoms with Gasteiger partial charge in [0.05, 0.1) is 6.54 Å². The molecule has 106 valence electrons. The highest BCUT2D eigenvalue weighted by Gasteiger charge is 2.53. The van der Waals surface area contributed by atoms with E-state index in [0.29, 0.717) is 12.3 Å². The van der Waals surface area contributed by atoms with Crippen molar-refractivity contribution in [3.05, 3.63) is 16.5 Å². The number of nitrogens with two attached hydrogens (primary N) is 1. The number of halogens is 1. The Morgan fingerprint density at radius 3 is 2.63 bits per heavy atom. The van der Waals surface area contributed by atoms with Gasteiger partial charge in [0, 0.05) is 12.6 Å². The van der Waals surface area contributed by atoms with Crippen molar-refractivity contribution in [2.75, 3.05) is 6.54 Å². The first kappa shape index (κ1) is 13.6. The highest BCUT2D eigenvalue weighted by Crippen LogP contribution is 2.60. The first-order valence-electron chi connectivity index (χ1n) is 6.45. The number of sulfonamides is 1. The van der Waals surface area contributed by atoms with Crippen LogP contribution < -0.4 is 10.5 Å². The van der Waals surface area contributed by atoms with Gasteiger partial charge in [-0.3, -0.25) is 0 Å². The molecular weight excluding hydrogens is 332 g/mol. The van der Waals surface area contributed by atoms with E-state index >= 15 is 0 Å². The quantitative estimate of drug-likeness (QED) is 0.822. The molecule has 1 aromatic rings. The maximum atomic E-state index is 12.3. The molecule has 0 amide bonds. The zero-order valence-electron chi connectivity index (χ0n) is 10.5. The molecule has 0 radical (unpaired) electrons. The number of furan rings is 1. The summed E-state index contributed by atoms with van der Waals surface area (Å²) in [6.07, 6.45) is 4.77. The third-order valence-corrected chi connectivity index (χ3v) is 6.41. The molecule has 0 bridgehead atoms. The van der Waals surface area contributed by atoms with Crippen molar-refractivity contribution in [1.82, 2.24) is 4.72 Å². The van der Waals surface area contributed by atoms with Gasteiger partial charge < -0.3 is 10.2 Å². The van der Waals surface area contributed by atoms with Crippen LogP contribution in [-0.4, -0.2) is 15.0 Å². The van der Waals surface area contributed by atoms with Crippen molar-refractivity contribution in [1.29, 1.82) is 0 Å². The molecule has 2 aliphatic carbocycles. The zero-order valence-corrected chi connectivity index (χ0v) is 12.9. The summed E-state index contributed by atoms with van der Waals surface area (Å²) in [7, 11) is -3.53. The van der Waals surface area contributed by atoms with E-state index in [-0.39, 0.29) is 21.5 Å². The Hall–Kier alpha value is -0.370. The lowest BCUT2D eigenvalue weighted by molar-refractivity contribution is 0.431. The molecule has 0 aliphatic heterocycles.